The van der Waals surface area contributed by atoms with Gasteiger partial charge in [-0.2, -0.15) is 5.10 Å². The summed E-state index contributed by atoms with van der Waals surface area (Å²) in [5.41, 5.74) is 5.18. The smallest absolute Gasteiger partial charge is 0.0756 e. The molecule has 0 saturated carbocycles. The zero-order chi connectivity index (χ0) is 14.2. The van der Waals surface area contributed by atoms with Crippen molar-refractivity contribution < 1.29 is 0 Å². The number of fused-ring (bicyclic) bond motifs is 1. The molecule has 20 heavy (non-hydrogen) atoms. The zero-order valence-corrected chi connectivity index (χ0v) is 12.9. The number of hydrogen-bond acceptors (Lipinski definition) is 1. The quantitative estimate of drug-likeness (QED) is 0.800. The largest absolute Gasteiger partial charge is 0.282 e. The molecule has 0 saturated heterocycles. The first kappa shape index (κ1) is 13.7. The summed E-state index contributed by atoms with van der Waals surface area (Å²) in [5.74, 6) is 0. The van der Waals surface area contributed by atoms with Crippen molar-refractivity contribution in [2.24, 2.45) is 0 Å². The highest BCUT2D eigenvalue weighted by Crippen LogP contribution is 2.35. The van der Waals surface area contributed by atoms with Gasteiger partial charge in [0.25, 0.3) is 0 Å². The number of halogens is 1. The van der Waals surface area contributed by atoms with Crippen LogP contribution in [0, 0.1) is 0 Å². The Morgan fingerprint density at radius 3 is 2.50 bits per heavy atom. The van der Waals surface area contributed by atoms with Gasteiger partial charge >= 0.3 is 0 Å². The van der Waals surface area contributed by atoms with Crippen LogP contribution in [0.2, 0.25) is 5.02 Å². The van der Waals surface area contributed by atoms with Gasteiger partial charge < -0.3 is 0 Å². The van der Waals surface area contributed by atoms with Gasteiger partial charge in [-0.05, 0) is 48.9 Å². The van der Waals surface area contributed by atoms with Crippen LogP contribution in [-0.4, -0.2) is 10.2 Å². The van der Waals surface area contributed by atoms with Crippen molar-refractivity contribution in [3.05, 3.63) is 51.8 Å². The van der Waals surface area contributed by atoms with E-state index in [1.807, 2.05) is 12.1 Å². The molecule has 1 aromatic heterocycles. The average molecular weight is 289 g/mol. The normalized spacial score (nSPS) is 15.8. The third-order valence-corrected chi connectivity index (χ3v) is 4.72. The van der Waals surface area contributed by atoms with E-state index in [-0.39, 0.29) is 5.41 Å². The zero-order valence-electron chi connectivity index (χ0n) is 12.2. The van der Waals surface area contributed by atoms with Crippen LogP contribution in [0.1, 0.15) is 55.6 Å². The number of aromatic amines is 1. The highest BCUT2D eigenvalue weighted by Gasteiger charge is 2.30. The first-order valence-corrected chi connectivity index (χ1v) is 7.79. The molecule has 0 bridgehead atoms. The SMILES string of the molecule is CC(C)(c1ccc(Cl)cc1)c1n[nH]c2c1CCCCC2. The van der Waals surface area contributed by atoms with Crippen LogP contribution in [0.15, 0.2) is 24.3 Å². The molecule has 106 valence electrons. The number of hydrogen-bond donors (Lipinski definition) is 1. The molecule has 1 heterocycles. The molecule has 0 atom stereocenters. The van der Waals surface area contributed by atoms with Crippen LogP contribution in [0.25, 0.3) is 0 Å². The second-order valence-corrected chi connectivity index (χ2v) is 6.66. The van der Waals surface area contributed by atoms with Crippen LogP contribution in [-0.2, 0) is 18.3 Å². The van der Waals surface area contributed by atoms with E-state index >= 15 is 0 Å². The molecule has 0 radical (unpaired) electrons. The lowest BCUT2D eigenvalue weighted by atomic mass is 9.79. The topological polar surface area (TPSA) is 28.7 Å². The molecule has 1 aromatic carbocycles. The summed E-state index contributed by atoms with van der Waals surface area (Å²) in [6.45, 7) is 4.50. The number of aryl methyl sites for hydroxylation is 1. The second kappa shape index (κ2) is 5.25. The van der Waals surface area contributed by atoms with Crippen LogP contribution in [0.5, 0.6) is 0 Å². The molecule has 3 heteroatoms. The monoisotopic (exact) mass is 288 g/mol. The van der Waals surface area contributed by atoms with Crippen molar-refractivity contribution in [1.82, 2.24) is 10.2 Å². The maximum absolute atomic E-state index is 6.00. The number of nitrogens with one attached hydrogen (secondary N) is 1. The minimum Gasteiger partial charge on any atom is -0.282 e. The lowest BCUT2D eigenvalue weighted by Crippen LogP contribution is -2.21. The van der Waals surface area contributed by atoms with Crippen molar-refractivity contribution in [2.75, 3.05) is 0 Å². The summed E-state index contributed by atoms with van der Waals surface area (Å²) in [6.07, 6.45) is 6.16. The van der Waals surface area contributed by atoms with Gasteiger partial charge in [0.2, 0.25) is 0 Å². The highest BCUT2D eigenvalue weighted by atomic mass is 35.5. The van der Waals surface area contributed by atoms with Crippen LogP contribution in [0.3, 0.4) is 0 Å². The predicted octanol–water partition coefficient (Wildman–Crippen LogP) is 4.66. The van der Waals surface area contributed by atoms with E-state index in [4.69, 9.17) is 11.6 Å². The van der Waals surface area contributed by atoms with E-state index in [1.54, 1.807) is 0 Å². The molecule has 0 unspecified atom stereocenters. The fourth-order valence-electron chi connectivity index (χ4n) is 3.18. The lowest BCUT2D eigenvalue weighted by Gasteiger charge is -2.25. The first-order valence-electron chi connectivity index (χ1n) is 7.41. The third kappa shape index (κ3) is 2.37. The predicted molar refractivity (Wildman–Crippen MR) is 83.4 cm³/mol. The van der Waals surface area contributed by atoms with E-state index in [9.17, 15) is 0 Å². The molecule has 0 amide bonds. The van der Waals surface area contributed by atoms with Crippen molar-refractivity contribution >= 4 is 11.6 Å². The Morgan fingerprint density at radius 2 is 1.75 bits per heavy atom. The Morgan fingerprint density at radius 1 is 1.05 bits per heavy atom. The maximum Gasteiger partial charge on any atom is 0.0756 e. The maximum atomic E-state index is 6.00. The molecule has 3 rings (SSSR count). The molecule has 2 aromatic rings. The van der Waals surface area contributed by atoms with E-state index in [0.717, 1.165) is 17.9 Å². The van der Waals surface area contributed by atoms with Gasteiger partial charge in [0.15, 0.2) is 0 Å². The fraction of sp³-hybridized carbons (Fsp3) is 0.471. The van der Waals surface area contributed by atoms with E-state index in [0.29, 0.717) is 0 Å². The molecule has 2 nitrogen and oxygen atoms in total. The Labute approximate surface area is 125 Å². The lowest BCUT2D eigenvalue weighted by molar-refractivity contribution is 0.600. The molecular formula is C17H21ClN2. The molecule has 0 spiro atoms. The Hall–Kier alpha value is -1.28. The minimum absolute atomic E-state index is 0.0843. The fourth-order valence-corrected chi connectivity index (χ4v) is 3.30. The van der Waals surface area contributed by atoms with Crippen molar-refractivity contribution in [1.29, 1.82) is 0 Å². The summed E-state index contributed by atoms with van der Waals surface area (Å²) in [7, 11) is 0. The van der Waals surface area contributed by atoms with Gasteiger partial charge in [0.05, 0.1) is 5.69 Å². The number of nitrogens with zero attached hydrogens (tertiary/aromatic N) is 1. The minimum atomic E-state index is -0.0843. The molecule has 0 fully saturated rings. The molecule has 1 aliphatic carbocycles. The Kier molecular flexibility index (Phi) is 3.59. The standard InChI is InChI=1S/C17H21ClN2/c1-17(2,12-8-10-13(18)11-9-12)16-14-6-4-3-5-7-15(14)19-20-16/h8-11H,3-7H2,1-2H3,(H,19,20). The second-order valence-electron chi connectivity index (χ2n) is 6.22. The number of benzene rings is 1. The summed E-state index contributed by atoms with van der Waals surface area (Å²) >= 11 is 6.00. The summed E-state index contributed by atoms with van der Waals surface area (Å²) < 4.78 is 0. The number of aromatic nitrogens is 2. The Balaban J connectivity index is 2.03. The molecule has 0 aliphatic heterocycles. The Bertz CT molecular complexity index is 596. The van der Waals surface area contributed by atoms with E-state index in [2.05, 4.69) is 36.2 Å². The molecular weight excluding hydrogens is 268 g/mol. The van der Waals surface area contributed by atoms with Gasteiger partial charge in [0.1, 0.15) is 0 Å². The van der Waals surface area contributed by atoms with Crippen LogP contribution < -0.4 is 0 Å². The van der Waals surface area contributed by atoms with E-state index < -0.39 is 0 Å². The summed E-state index contributed by atoms with van der Waals surface area (Å²) in [4.78, 5) is 0. The van der Waals surface area contributed by atoms with Gasteiger partial charge in [0, 0.05) is 16.1 Å². The van der Waals surface area contributed by atoms with Gasteiger partial charge in [-0.25, -0.2) is 0 Å². The van der Waals surface area contributed by atoms with Crippen LogP contribution >= 0.6 is 11.6 Å². The van der Waals surface area contributed by atoms with Gasteiger partial charge in [-0.3, -0.25) is 5.10 Å². The average Bonchev–Trinajstić information content (AvgIpc) is 2.70. The summed E-state index contributed by atoms with van der Waals surface area (Å²) in [5, 5.41) is 8.71. The molecule has 1 aliphatic rings. The number of rotatable bonds is 2. The third-order valence-electron chi connectivity index (χ3n) is 4.46. The molecule has 1 N–H and O–H groups in total. The van der Waals surface area contributed by atoms with E-state index in [1.165, 1.54) is 41.8 Å². The van der Waals surface area contributed by atoms with Crippen molar-refractivity contribution in [3.8, 4) is 0 Å². The van der Waals surface area contributed by atoms with Crippen LogP contribution in [0.4, 0.5) is 0 Å². The number of H-pyrrole nitrogens is 1. The van der Waals surface area contributed by atoms with Crippen molar-refractivity contribution in [3.63, 3.8) is 0 Å². The first-order chi connectivity index (χ1) is 9.59. The highest BCUT2D eigenvalue weighted by molar-refractivity contribution is 6.30. The van der Waals surface area contributed by atoms with Gasteiger partial charge in [-0.15, -0.1) is 0 Å². The summed E-state index contributed by atoms with van der Waals surface area (Å²) in [6, 6.07) is 8.15. The van der Waals surface area contributed by atoms with Crippen molar-refractivity contribution in [2.45, 2.75) is 51.4 Å². The van der Waals surface area contributed by atoms with Gasteiger partial charge in [-0.1, -0.05) is 44.0 Å².